The summed E-state index contributed by atoms with van der Waals surface area (Å²) < 4.78 is 29.0. The number of nitrogens with one attached hydrogen (secondary N) is 1. The van der Waals surface area contributed by atoms with Crippen molar-refractivity contribution in [2.24, 2.45) is 0 Å². The van der Waals surface area contributed by atoms with E-state index in [2.05, 4.69) is 16.6 Å². The normalized spacial score (nSPS) is 23.2. The van der Waals surface area contributed by atoms with Crippen molar-refractivity contribution < 1.29 is 8.42 Å². The van der Waals surface area contributed by atoms with Crippen molar-refractivity contribution >= 4 is 21.4 Å². The molecule has 0 saturated heterocycles. The van der Waals surface area contributed by atoms with Crippen molar-refractivity contribution in [3.05, 3.63) is 35.0 Å². The molecule has 0 fully saturated rings. The number of sulfonamides is 1. The molecule has 2 atom stereocenters. The average molecular weight is 283 g/mol. The molecule has 2 aromatic rings. The van der Waals surface area contributed by atoms with Crippen LogP contribution < -0.4 is 4.72 Å². The van der Waals surface area contributed by atoms with Crippen LogP contribution in [-0.4, -0.2) is 18.0 Å². The fourth-order valence-corrected chi connectivity index (χ4v) is 4.52. The van der Waals surface area contributed by atoms with Gasteiger partial charge in [0.15, 0.2) is 0 Å². The second-order valence-electron chi connectivity index (χ2n) is 4.41. The van der Waals surface area contributed by atoms with Crippen LogP contribution in [0.25, 0.3) is 0 Å². The molecule has 18 heavy (non-hydrogen) atoms. The highest BCUT2D eigenvalue weighted by atomic mass is 32.2. The van der Waals surface area contributed by atoms with Gasteiger partial charge in [-0.3, -0.25) is 0 Å². The van der Waals surface area contributed by atoms with E-state index in [9.17, 15) is 8.42 Å². The Morgan fingerprint density at radius 3 is 3.11 bits per heavy atom. The van der Waals surface area contributed by atoms with Gasteiger partial charge in [0.2, 0.25) is 10.0 Å². The van der Waals surface area contributed by atoms with Gasteiger partial charge in [0.1, 0.15) is 5.82 Å². The highest BCUT2D eigenvalue weighted by molar-refractivity contribution is 7.89. The number of fused-ring (bicyclic) bond motifs is 1. The standard InChI is InChI=1S/C11H13N3O2S2/c1-8-6-10(11-12-3-4-14(8)11)13-18(15,16)9-2-5-17-7-9/h2-5,7-8,10,13H,6H2,1H3. The zero-order chi connectivity index (χ0) is 12.8. The summed E-state index contributed by atoms with van der Waals surface area (Å²) in [4.78, 5) is 4.56. The number of hydrogen-bond acceptors (Lipinski definition) is 4. The lowest BCUT2D eigenvalue weighted by Gasteiger charge is -2.11. The van der Waals surface area contributed by atoms with Crippen molar-refractivity contribution in [2.45, 2.75) is 30.3 Å². The van der Waals surface area contributed by atoms with E-state index < -0.39 is 10.0 Å². The van der Waals surface area contributed by atoms with Crippen molar-refractivity contribution in [3.8, 4) is 0 Å². The molecule has 3 rings (SSSR count). The van der Waals surface area contributed by atoms with Crippen LogP contribution in [0.1, 0.15) is 31.3 Å². The Morgan fingerprint density at radius 2 is 2.39 bits per heavy atom. The SMILES string of the molecule is CC1CC(NS(=O)(=O)c2ccsc2)c2nccn21. The maximum absolute atomic E-state index is 12.1. The molecule has 0 bridgehead atoms. The lowest BCUT2D eigenvalue weighted by atomic mass is 10.2. The number of nitrogens with zero attached hydrogens (tertiary/aromatic N) is 2. The molecular formula is C11H13N3O2S2. The first-order valence-electron chi connectivity index (χ1n) is 5.65. The predicted octanol–water partition coefficient (Wildman–Crippen LogP) is 1.93. The molecule has 1 N–H and O–H groups in total. The van der Waals surface area contributed by atoms with Gasteiger partial charge < -0.3 is 4.57 Å². The monoisotopic (exact) mass is 283 g/mol. The third kappa shape index (κ3) is 1.88. The van der Waals surface area contributed by atoms with Crippen LogP contribution in [0.4, 0.5) is 0 Å². The number of aromatic nitrogens is 2. The summed E-state index contributed by atoms with van der Waals surface area (Å²) in [5, 5.41) is 3.39. The second-order valence-corrected chi connectivity index (χ2v) is 6.90. The number of thiophene rings is 1. The summed E-state index contributed by atoms with van der Waals surface area (Å²) in [6.07, 6.45) is 4.34. The Balaban J connectivity index is 1.88. The predicted molar refractivity (Wildman–Crippen MR) is 68.9 cm³/mol. The molecule has 2 unspecified atom stereocenters. The Morgan fingerprint density at radius 1 is 1.56 bits per heavy atom. The summed E-state index contributed by atoms with van der Waals surface area (Å²) in [6, 6.07) is 1.65. The molecule has 96 valence electrons. The largest absolute Gasteiger partial charge is 0.331 e. The van der Waals surface area contributed by atoms with E-state index in [1.165, 1.54) is 11.3 Å². The van der Waals surface area contributed by atoms with Gasteiger partial charge in [0.05, 0.1) is 10.9 Å². The van der Waals surface area contributed by atoms with E-state index in [0.717, 1.165) is 12.2 Å². The molecule has 0 aliphatic carbocycles. The Kier molecular flexibility index (Phi) is 2.76. The Bertz CT molecular complexity index is 646. The van der Waals surface area contributed by atoms with E-state index >= 15 is 0 Å². The molecule has 0 amide bonds. The average Bonchev–Trinajstić information content (AvgIpc) is 3.01. The fraction of sp³-hybridized carbons (Fsp3) is 0.364. The number of rotatable bonds is 3. The van der Waals surface area contributed by atoms with Crippen LogP contribution in [0.3, 0.4) is 0 Å². The fourth-order valence-electron chi connectivity index (χ4n) is 2.29. The molecule has 1 aliphatic heterocycles. The van der Waals surface area contributed by atoms with Crippen LogP contribution in [0.2, 0.25) is 0 Å². The van der Waals surface area contributed by atoms with Crippen LogP contribution >= 0.6 is 11.3 Å². The van der Waals surface area contributed by atoms with Crippen molar-refractivity contribution in [1.29, 1.82) is 0 Å². The lowest BCUT2D eigenvalue weighted by molar-refractivity contribution is 0.519. The first-order chi connectivity index (χ1) is 8.58. The Hall–Kier alpha value is -1.18. The van der Waals surface area contributed by atoms with Gasteiger partial charge in [0, 0.05) is 23.8 Å². The number of hydrogen-bond donors (Lipinski definition) is 1. The first-order valence-corrected chi connectivity index (χ1v) is 8.08. The second kappa shape index (κ2) is 4.18. The quantitative estimate of drug-likeness (QED) is 0.936. The molecule has 0 spiro atoms. The van der Waals surface area contributed by atoms with E-state index in [0.29, 0.717) is 4.90 Å². The van der Waals surface area contributed by atoms with Crippen molar-refractivity contribution in [2.75, 3.05) is 0 Å². The van der Waals surface area contributed by atoms with E-state index in [1.54, 1.807) is 23.0 Å². The summed E-state index contributed by atoms with van der Waals surface area (Å²) in [5.74, 6) is 0.793. The molecular weight excluding hydrogens is 270 g/mol. The maximum atomic E-state index is 12.1. The van der Waals surface area contributed by atoms with Crippen LogP contribution in [-0.2, 0) is 10.0 Å². The molecule has 3 heterocycles. The van der Waals surface area contributed by atoms with Crippen molar-refractivity contribution in [3.63, 3.8) is 0 Å². The van der Waals surface area contributed by atoms with Gasteiger partial charge in [-0.05, 0) is 24.8 Å². The minimum atomic E-state index is -3.44. The van der Waals surface area contributed by atoms with Crippen LogP contribution in [0.5, 0.6) is 0 Å². The third-order valence-corrected chi connectivity index (χ3v) is 5.47. The highest BCUT2D eigenvalue weighted by Crippen LogP contribution is 2.33. The summed E-state index contributed by atoms with van der Waals surface area (Å²) in [6.45, 7) is 2.06. The molecule has 0 aromatic carbocycles. The maximum Gasteiger partial charge on any atom is 0.242 e. The summed E-state index contributed by atoms with van der Waals surface area (Å²) in [7, 11) is -3.44. The highest BCUT2D eigenvalue weighted by Gasteiger charge is 2.32. The lowest BCUT2D eigenvalue weighted by Crippen LogP contribution is -2.27. The summed E-state index contributed by atoms with van der Waals surface area (Å²) >= 11 is 1.37. The zero-order valence-corrected chi connectivity index (χ0v) is 11.4. The Labute approximate surface area is 110 Å². The zero-order valence-electron chi connectivity index (χ0n) is 9.78. The smallest absolute Gasteiger partial charge is 0.242 e. The molecule has 5 nitrogen and oxygen atoms in total. The molecule has 0 saturated carbocycles. The van der Waals surface area contributed by atoms with E-state index in [4.69, 9.17) is 0 Å². The number of imidazole rings is 1. The van der Waals surface area contributed by atoms with Gasteiger partial charge in [0.25, 0.3) is 0 Å². The van der Waals surface area contributed by atoms with Crippen LogP contribution in [0.15, 0.2) is 34.1 Å². The van der Waals surface area contributed by atoms with E-state index in [-0.39, 0.29) is 12.1 Å². The molecule has 7 heteroatoms. The van der Waals surface area contributed by atoms with Crippen LogP contribution in [0, 0.1) is 0 Å². The van der Waals surface area contributed by atoms with Gasteiger partial charge >= 0.3 is 0 Å². The van der Waals surface area contributed by atoms with Gasteiger partial charge in [-0.25, -0.2) is 18.1 Å². The first kappa shape index (κ1) is 11.9. The molecule has 0 radical (unpaired) electrons. The van der Waals surface area contributed by atoms with Gasteiger partial charge in [-0.15, -0.1) is 0 Å². The van der Waals surface area contributed by atoms with Gasteiger partial charge in [-0.1, -0.05) is 0 Å². The minimum absolute atomic E-state index is 0.236. The van der Waals surface area contributed by atoms with Gasteiger partial charge in [-0.2, -0.15) is 11.3 Å². The molecule has 1 aliphatic rings. The minimum Gasteiger partial charge on any atom is -0.331 e. The van der Waals surface area contributed by atoms with E-state index in [1.807, 2.05) is 10.8 Å². The summed E-state index contributed by atoms with van der Waals surface area (Å²) in [5.41, 5.74) is 0. The van der Waals surface area contributed by atoms with Crippen molar-refractivity contribution in [1.82, 2.24) is 14.3 Å². The molecule has 2 aromatic heterocycles. The third-order valence-electron chi connectivity index (χ3n) is 3.16. The topological polar surface area (TPSA) is 64.0 Å².